The Morgan fingerprint density at radius 1 is 1.09 bits per heavy atom. The first-order valence-electron chi connectivity index (χ1n) is 10.1. The molecule has 0 spiro atoms. The van der Waals surface area contributed by atoms with Crippen LogP contribution in [0.1, 0.15) is 23.1 Å². The SMILES string of the molecule is N#Cc1cccc(CN2CC[C@H](N(Cc3ccccc3)S(=O)(=O)c3cc(Cl)c(Cl)s3)C2=O)c1. The summed E-state index contributed by atoms with van der Waals surface area (Å²) in [6, 6.07) is 18.7. The van der Waals surface area contributed by atoms with Gasteiger partial charge in [-0.2, -0.15) is 9.57 Å². The molecule has 0 N–H and O–H groups in total. The number of amides is 1. The molecule has 1 fully saturated rings. The summed E-state index contributed by atoms with van der Waals surface area (Å²) in [5.74, 6) is -0.273. The van der Waals surface area contributed by atoms with Gasteiger partial charge >= 0.3 is 0 Å². The highest BCUT2D eigenvalue weighted by molar-refractivity contribution is 7.91. The molecule has 1 atom stereocenters. The molecule has 2 aromatic carbocycles. The van der Waals surface area contributed by atoms with E-state index in [1.807, 2.05) is 36.4 Å². The molecule has 170 valence electrons. The van der Waals surface area contributed by atoms with Gasteiger partial charge in [0.15, 0.2) is 0 Å². The second-order valence-electron chi connectivity index (χ2n) is 7.60. The van der Waals surface area contributed by atoms with Gasteiger partial charge in [0.2, 0.25) is 5.91 Å². The Hall–Kier alpha value is -2.41. The zero-order valence-electron chi connectivity index (χ0n) is 17.3. The molecule has 0 bridgehead atoms. The Labute approximate surface area is 206 Å². The molecule has 1 aromatic heterocycles. The van der Waals surface area contributed by atoms with Crippen molar-refractivity contribution >= 4 is 50.5 Å². The third-order valence-corrected chi connectivity index (χ3v) is 9.58. The van der Waals surface area contributed by atoms with Gasteiger partial charge in [0, 0.05) is 19.6 Å². The maximum atomic E-state index is 13.6. The molecule has 0 unspecified atom stereocenters. The Bertz CT molecular complexity index is 1300. The molecule has 1 aliphatic rings. The fraction of sp³-hybridized carbons (Fsp3) is 0.217. The molecule has 0 saturated carbocycles. The number of carbonyl (C=O) groups excluding carboxylic acids is 1. The summed E-state index contributed by atoms with van der Waals surface area (Å²) in [6.45, 7) is 0.762. The van der Waals surface area contributed by atoms with Crippen molar-refractivity contribution in [1.82, 2.24) is 9.21 Å². The monoisotopic (exact) mass is 519 g/mol. The maximum absolute atomic E-state index is 13.6. The Balaban J connectivity index is 1.64. The van der Waals surface area contributed by atoms with Crippen molar-refractivity contribution in [2.45, 2.75) is 29.8 Å². The van der Waals surface area contributed by atoms with Crippen molar-refractivity contribution in [1.29, 1.82) is 5.26 Å². The molecule has 6 nitrogen and oxygen atoms in total. The second kappa shape index (κ2) is 9.84. The average molecular weight is 520 g/mol. The molecule has 3 aromatic rings. The Morgan fingerprint density at radius 3 is 2.48 bits per heavy atom. The van der Waals surface area contributed by atoms with Crippen LogP contribution in [-0.4, -0.2) is 36.1 Å². The van der Waals surface area contributed by atoms with E-state index in [-0.39, 0.29) is 26.0 Å². The van der Waals surface area contributed by atoms with Gasteiger partial charge in [0.25, 0.3) is 10.0 Å². The van der Waals surface area contributed by atoms with Crippen LogP contribution in [0.4, 0.5) is 0 Å². The standard InChI is InChI=1S/C23H19Cl2N3O3S2/c24-19-12-21(32-22(19)25)33(30,31)28(15-16-5-2-1-3-6-16)20-9-10-27(23(20)29)14-18-8-4-7-17(11-18)13-26/h1-8,11-12,20H,9-10,14-15H2/t20-/m0/s1. The van der Waals surface area contributed by atoms with E-state index in [9.17, 15) is 13.2 Å². The molecule has 1 aliphatic heterocycles. The van der Waals surface area contributed by atoms with Crippen LogP contribution in [0.3, 0.4) is 0 Å². The van der Waals surface area contributed by atoms with E-state index in [4.69, 9.17) is 28.5 Å². The minimum atomic E-state index is -4.03. The summed E-state index contributed by atoms with van der Waals surface area (Å²) in [7, 11) is -4.03. The predicted molar refractivity (Wildman–Crippen MR) is 128 cm³/mol. The van der Waals surface area contributed by atoms with E-state index in [0.717, 1.165) is 22.5 Å². The van der Waals surface area contributed by atoms with Crippen LogP contribution in [0, 0.1) is 11.3 Å². The van der Waals surface area contributed by atoms with Gasteiger partial charge in [-0.3, -0.25) is 4.79 Å². The minimum Gasteiger partial charge on any atom is -0.337 e. The Kier molecular flexibility index (Phi) is 7.07. The molecule has 1 amide bonds. The number of nitrogens with zero attached hydrogens (tertiary/aromatic N) is 3. The number of rotatable bonds is 7. The lowest BCUT2D eigenvalue weighted by atomic mass is 10.1. The molecule has 0 aliphatic carbocycles. The molecule has 2 heterocycles. The van der Waals surface area contributed by atoms with Crippen molar-refractivity contribution in [2.24, 2.45) is 0 Å². The van der Waals surface area contributed by atoms with E-state index >= 15 is 0 Å². The van der Waals surface area contributed by atoms with Gasteiger partial charge in [-0.25, -0.2) is 8.42 Å². The fourth-order valence-electron chi connectivity index (χ4n) is 3.80. The van der Waals surface area contributed by atoms with Gasteiger partial charge in [0.05, 0.1) is 16.7 Å². The van der Waals surface area contributed by atoms with Gasteiger partial charge < -0.3 is 4.90 Å². The van der Waals surface area contributed by atoms with Crippen molar-refractivity contribution < 1.29 is 13.2 Å². The number of likely N-dealkylation sites (tertiary alicyclic amines) is 1. The van der Waals surface area contributed by atoms with E-state index < -0.39 is 16.1 Å². The summed E-state index contributed by atoms with van der Waals surface area (Å²) in [4.78, 5) is 15.0. The van der Waals surface area contributed by atoms with Crippen LogP contribution in [0.15, 0.2) is 64.9 Å². The third kappa shape index (κ3) is 5.08. The van der Waals surface area contributed by atoms with Crippen molar-refractivity contribution in [3.8, 4) is 6.07 Å². The van der Waals surface area contributed by atoms with E-state index in [2.05, 4.69) is 6.07 Å². The van der Waals surface area contributed by atoms with E-state index in [1.54, 1.807) is 23.1 Å². The maximum Gasteiger partial charge on any atom is 0.253 e. The van der Waals surface area contributed by atoms with Crippen LogP contribution in [0.5, 0.6) is 0 Å². The van der Waals surface area contributed by atoms with Crippen molar-refractivity contribution in [2.75, 3.05) is 6.54 Å². The lowest BCUT2D eigenvalue weighted by Gasteiger charge is -2.27. The molecular formula is C23H19Cl2N3O3S2. The van der Waals surface area contributed by atoms with Crippen molar-refractivity contribution in [3.05, 3.63) is 86.7 Å². The van der Waals surface area contributed by atoms with Crippen LogP contribution >= 0.6 is 34.5 Å². The number of nitriles is 1. The average Bonchev–Trinajstić information content (AvgIpc) is 3.34. The van der Waals surface area contributed by atoms with Crippen LogP contribution in [0.2, 0.25) is 9.36 Å². The largest absolute Gasteiger partial charge is 0.337 e. The first-order valence-corrected chi connectivity index (χ1v) is 13.1. The topological polar surface area (TPSA) is 81.5 Å². The number of benzene rings is 2. The van der Waals surface area contributed by atoms with Crippen LogP contribution < -0.4 is 0 Å². The summed E-state index contributed by atoms with van der Waals surface area (Å²) in [6.07, 6.45) is 0.357. The van der Waals surface area contributed by atoms with Crippen molar-refractivity contribution in [3.63, 3.8) is 0 Å². The first kappa shape index (κ1) is 23.7. The highest BCUT2D eigenvalue weighted by atomic mass is 35.5. The molecule has 1 saturated heterocycles. The number of sulfonamides is 1. The molecule has 4 rings (SSSR count). The van der Waals surface area contributed by atoms with Crippen LogP contribution in [-0.2, 0) is 27.9 Å². The smallest absolute Gasteiger partial charge is 0.253 e. The predicted octanol–water partition coefficient (Wildman–Crippen LogP) is 4.92. The van der Waals surface area contributed by atoms with Gasteiger partial charge in [-0.05, 0) is 35.7 Å². The summed E-state index contributed by atoms with van der Waals surface area (Å²) < 4.78 is 28.6. The zero-order valence-corrected chi connectivity index (χ0v) is 20.5. The van der Waals surface area contributed by atoms with E-state index in [1.165, 1.54) is 10.4 Å². The lowest BCUT2D eigenvalue weighted by Crippen LogP contribution is -2.44. The molecule has 33 heavy (non-hydrogen) atoms. The zero-order chi connectivity index (χ0) is 23.6. The number of halogens is 2. The normalized spacial score (nSPS) is 16.4. The van der Waals surface area contributed by atoms with Gasteiger partial charge in [-0.1, -0.05) is 65.7 Å². The minimum absolute atomic E-state index is 0.00130. The number of hydrogen-bond acceptors (Lipinski definition) is 5. The highest BCUT2D eigenvalue weighted by Gasteiger charge is 2.42. The summed E-state index contributed by atoms with van der Waals surface area (Å²) in [5, 5.41) is 9.29. The summed E-state index contributed by atoms with van der Waals surface area (Å²) >= 11 is 12.9. The fourth-order valence-corrected chi connectivity index (χ4v) is 7.41. The third-order valence-electron chi connectivity index (χ3n) is 5.41. The number of thiophene rings is 1. The second-order valence-corrected chi connectivity index (χ2v) is 11.8. The first-order chi connectivity index (χ1) is 15.8. The molecule has 10 heteroatoms. The van der Waals surface area contributed by atoms with Gasteiger partial charge in [0.1, 0.15) is 14.6 Å². The lowest BCUT2D eigenvalue weighted by molar-refractivity contribution is -0.131. The Morgan fingerprint density at radius 2 is 1.82 bits per heavy atom. The van der Waals surface area contributed by atoms with Gasteiger partial charge in [-0.15, -0.1) is 11.3 Å². The highest BCUT2D eigenvalue weighted by Crippen LogP contribution is 2.37. The van der Waals surface area contributed by atoms with E-state index in [0.29, 0.717) is 25.1 Å². The summed E-state index contributed by atoms with van der Waals surface area (Å²) in [5.41, 5.74) is 2.09. The number of hydrogen-bond donors (Lipinski definition) is 0. The number of carbonyl (C=O) groups is 1. The van der Waals surface area contributed by atoms with Crippen LogP contribution in [0.25, 0.3) is 0 Å². The molecular weight excluding hydrogens is 501 g/mol. The quantitative estimate of drug-likeness (QED) is 0.443. The molecule has 0 radical (unpaired) electrons.